The summed E-state index contributed by atoms with van der Waals surface area (Å²) in [6.45, 7) is 2.11. The predicted molar refractivity (Wildman–Crippen MR) is 160 cm³/mol. The number of ether oxygens (including phenoxy) is 2. The van der Waals surface area contributed by atoms with Crippen LogP contribution in [0.2, 0.25) is 0 Å². The molecule has 2 aromatic carbocycles. The van der Waals surface area contributed by atoms with Crippen molar-refractivity contribution in [2.75, 3.05) is 13.2 Å². The smallest absolute Gasteiger partial charge is 0.223 e. The molecule has 7 heteroatoms. The van der Waals surface area contributed by atoms with Crippen molar-refractivity contribution in [1.82, 2.24) is 19.9 Å². The van der Waals surface area contributed by atoms with Crippen LogP contribution in [0.4, 0.5) is 0 Å². The van der Waals surface area contributed by atoms with Crippen LogP contribution in [-0.2, 0) is 16.1 Å². The number of pyridine rings is 1. The second kappa shape index (κ2) is 13.3. The lowest BCUT2D eigenvalue weighted by Crippen LogP contribution is -2.41. The molecule has 1 unspecified atom stereocenters. The van der Waals surface area contributed by atoms with Gasteiger partial charge in [-0.1, -0.05) is 37.5 Å². The highest BCUT2D eigenvalue weighted by Gasteiger charge is 2.30. The van der Waals surface area contributed by atoms with Crippen molar-refractivity contribution in [2.24, 2.45) is 5.92 Å². The lowest BCUT2D eigenvalue weighted by Gasteiger charge is -2.35. The van der Waals surface area contributed by atoms with Crippen molar-refractivity contribution in [3.63, 3.8) is 0 Å². The highest BCUT2D eigenvalue weighted by atomic mass is 16.5. The molecule has 2 fully saturated rings. The van der Waals surface area contributed by atoms with E-state index in [4.69, 9.17) is 14.5 Å². The molecule has 2 aromatic heterocycles. The van der Waals surface area contributed by atoms with Crippen LogP contribution in [0, 0.1) is 5.92 Å². The lowest BCUT2D eigenvalue weighted by molar-refractivity contribution is -0.135. The van der Waals surface area contributed by atoms with Crippen LogP contribution in [0.5, 0.6) is 11.5 Å². The molecule has 1 saturated heterocycles. The van der Waals surface area contributed by atoms with Gasteiger partial charge >= 0.3 is 0 Å². The van der Waals surface area contributed by atoms with Gasteiger partial charge in [0, 0.05) is 49.7 Å². The summed E-state index contributed by atoms with van der Waals surface area (Å²) in [7, 11) is 0. The molecule has 0 bridgehead atoms. The van der Waals surface area contributed by atoms with Crippen LogP contribution >= 0.6 is 0 Å². The van der Waals surface area contributed by atoms with Gasteiger partial charge in [0.05, 0.1) is 12.1 Å². The summed E-state index contributed by atoms with van der Waals surface area (Å²) in [6.07, 6.45) is 14.8. The number of imidazole rings is 1. The summed E-state index contributed by atoms with van der Waals surface area (Å²) >= 11 is 0. The van der Waals surface area contributed by atoms with Gasteiger partial charge in [0.15, 0.2) is 0 Å². The number of aromatic amines is 1. The zero-order valence-corrected chi connectivity index (χ0v) is 23.7. The van der Waals surface area contributed by atoms with E-state index in [1.54, 1.807) is 6.20 Å². The third kappa shape index (κ3) is 6.96. The Kier molecular flexibility index (Phi) is 8.91. The summed E-state index contributed by atoms with van der Waals surface area (Å²) in [5.41, 5.74) is 2.14. The molecule has 6 rings (SSSR count). The van der Waals surface area contributed by atoms with Crippen molar-refractivity contribution in [3.05, 3.63) is 84.6 Å². The zero-order valence-electron chi connectivity index (χ0n) is 23.7. The van der Waals surface area contributed by atoms with Gasteiger partial charge < -0.3 is 19.4 Å². The minimum absolute atomic E-state index is 0.234. The molecule has 0 radical (unpaired) electrons. The van der Waals surface area contributed by atoms with Crippen molar-refractivity contribution in [1.29, 1.82) is 0 Å². The van der Waals surface area contributed by atoms with E-state index in [1.165, 1.54) is 24.8 Å². The van der Waals surface area contributed by atoms with E-state index in [9.17, 15) is 4.79 Å². The molecule has 0 spiro atoms. The maximum absolute atomic E-state index is 13.8. The molecule has 1 amide bonds. The monoisotopic (exact) mass is 552 g/mol. The maximum Gasteiger partial charge on any atom is 0.223 e. The van der Waals surface area contributed by atoms with Gasteiger partial charge in [0.2, 0.25) is 5.91 Å². The van der Waals surface area contributed by atoms with Gasteiger partial charge in [-0.3, -0.25) is 9.78 Å². The van der Waals surface area contributed by atoms with Crippen molar-refractivity contribution in [2.45, 2.75) is 76.3 Å². The van der Waals surface area contributed by atoms with Crippen LogP contribution in [0.15, 0.2) is 73.2 Å². The Morgan fingerprint density at radius 3 is 2.59 bits per heavy atom. The first-order chi connectivity index (χ1) is 20.2. The van der Waals surface area contributed by atoms with E-state index in [0.717, 1.165) is 73.5 Å². The Balaban J connectivity index is 1.22. The van der Waals surface area contributed by atoms with Gasteiger partial charge in [-0.2, -0.15) is 0 Å². The average molecular weight is 553 g/mol. The first-order valence-corrected chi connectivity index (χ1v) is 15.2. The van der Waals surface area contributed by atoms with Crippen LogP contribution in [0.3, 0.4) is 0 Å². The summed E-state index contributed by atoms with van der Waals surface area (Å²) in [4.78, 5) is 28.4. The maximum atomic E-state index is 13.8. The molecule has 2 aliphatic rings. The van der Waals surface area contributed by atoms with Crippen LogP contribution in [-0.4, -0.2) is 45.0 Å². The molecular weight excluding hydrogens is 512 g/mol. The SMILES string of the molecule is O=C(CCC(c1cnc2ccc(Oc3ccccc3)cc2c1)C1CCOCC1)N(Cc1ncc[nH]1)C1CCCCC1. The number of nitrogens with one attached hydrogen (secondary N) is 1. The second-order valence-corrected chi connectivity index (χ2v) is 11.5. The summed E-state index contributed by atoms with van der Waals surface area (Å²) in [6, 6.07) is 18.4. The summed E-state index contributed by atoms with van der Waals surface area (Å²) in [5, 5.41) is 1.06. The Morgan fingerprint density at radius 2 is 1.80 bits per heavy atom. The van der Waals surface area contributed by atoms with Crippen LogP contribution < -0.4 is 4.74 Å². The summed E-state index contributed by atoms with van der Waals surface area (Å²) < 4.78 is 11.8. The highest BCUT2D eigenvalue weighted by molar-refractivity contribution is 5.81. The largest absolute Gasteiger partial charge is 0.457 e. The summed E-state index contributed by atoms with van der Waals surface area (Å²) in [5.74, 6) is 3.41. The number of hydrogen-bond acceptors (Lipinski definition) is 5. The number of fused-ring (bicyclic) bond motifs is 1. The van der Waals surface area contributed by atoms with E-state index < -0.39 is 0 Å². The molecule has 4 aromatic rings. The standard InChI is InChI=1S/C34H40N4O3/c39-34(38(24-33-35-17-18-36-33)28-7-3-1-4-8-28)14-12-31(25-15-19-40-20-16-25)27-21-26-22-30(11-13-32(26)37-23-27)41-29-9-5-2-6-10-29/h2,5-6,9-11,13,17-18,21-23,25,28,31H,1,3-4,7-8,12,14-16,19-20,24H2,(H,35,36). The minimum atomic E-state index is 0.234. The molecule has 214 valence electrons. The Morgan fingerprint density at radius 1 is 0.976 bits per heavy atom. The average Bonchev–Trinajstić information content (AvgIpc) is 3.55. The number of para-hydroxylation sites is 1. The Bertz CT molecular complexity index is 1400. The fourth-order valence-corrected chi connectivity index (χ4v) is 6.59. The van der Waals surface area contributed by atoms with E-state index in [1.807, 2.05) is 54.9 Å². The number of rotatable bonds is 10. The zero-order chi connectivity index (χ0) is 27.9. The molecule has 1 N–H and O–H groups in total. The number of aromatic nitrogens is 3. The van der Waals surface area contributed by atoms with E-state index in [-0.39, 0.29) is 11.8 Å². The first-order valence-electron chi connectivity index (χ1n) is 15.2. The topological polar surface area (TPSA) is 80.3 Å². The third-order valence-corrected chi connectivity index (χ3v) is 8.80. The van der Waals surface area contributed by atoms with Crippen molar-refractivity contribution < 1.29 is 14.3 Å². The Labute approximate surface area is 242 Å². The van der Waals surface area contributed by atoms with Crippen molar-refractivity contribution >= 4 is 16.8 Å². The molecule has 1 aliphatic heterocycles. The molecule has 41 heavy (non-hydrogen) atoms. The van der Waals surface area contributed by atoms with Gasteiger partial charge in [0.25, 0.3) is 0 Å². The predicted octanol–water partition coefficient (Wildman–Crippen LogP) is 7.40. The molecule has 1 saturated carbocycles. The molecule has 7 nitrogen and oxygen atoms in total. The fraction of sp³-hybridized carbons (Fsp3) is 0.441. The van der Waals surface area contributed by atoms with E-state index >= 15 is 0 Å². The fourth-order valence-electron chi connectivity index (χ4n) is 6.59. The lowest BCUT2D eigenvalue weighted by atomic mass is 9.78. The normalized spacial score (nSPS) is 17.4. The number of H-pyrrole nitrogens is 1. The number of carbonyl (C=O) groups excluding carboxylic acids is 1. The van der Waals surface area contributed by atoms with E-state index in [0.29, 0.717) is 24.9 Å². The second-order valence-electron chi connectivity index (χ2n) is 11.5. The molecule has 3 heterocycles. The van der Waals surface area contributed by atoms with Crippen LogP contribution in [0.25, 0.3) is 10.9 Å². The van der Waals surface area contributed by atoms with Gasteiger partial charge in [-0.15, -0.1) is 0 Å². The Hall–Kier alpha value is -3.71. The number of carbonyl (C=O) groups is 1. The first kappa shape index (κ1) is 27.5. The number of nitrogens with zero attached hydrogens (tertiary/aromatic N) is 3. The van der Waals surface area contributed by atoms with Gasteiger partial charge in [0.1, 0.15) is 17.3 Å². The molecular formula is C34H40N4O3. The highest BCUT2D eigenvalue weighted by Crippen LogP contribution is 2.37. The van der Waals surface area contributed by atoms with Crippen molar-refractivity contribution in [3.8, 4) is 11.5 Å². The number of benzene rings is 2. The quantitative estimate of drug-likeness (QED) is 0.222. The minimum Gasteiger partial charge on any atom is -0.457 e. The van der Waals surface area contributed by atoms with Gasteiger partial charge in [-0.05, 0) is 85.9 Å². The number of hydrogen-bond donors (Lipinski definition) is 1. The molecule has 1 atom stereocenters. The van der Waals surface area contributed by atoms with Gasteiger partial charge in [-0.25, -0.2) is 4.98 Å². The van der Waals surface area contributed by atoms with E-state index in [2.05, 4.69) is 27.0 Å². The molecule has 1 aliphatic carbocycles. The van der Waals surface area contributed by atoms with Crippen LogP contribution in [0.1, 0.15) is 75.1 Å². The number of amides is 1. The third-order valence-electron chi connectivity index (χ3n) is 8.80.